The van der Waals surface area contributed by atoms with Crippen LogP contribution in [0.25, 0.3) is 0 Å². The van der Waals surface area contributed by atoms with E-state index in [0.29, 0.717) is 0 Å². The Labute approximate surface area is 93.5 Å². The summed E-state index contributed by atoms with van der Waals surface area (Å²) in [5.41, 5.74) is -1.88. The van der Waals surface area contributed by atoms with Crippen LogP contribution in [-0.2, 0) is 4.79 Å². The number of hydrogen-bond acceptors (Lipinski definition) is 5. The molecule has 0 aliphatic heterocycles. The van der Waals surface area contributed by atoms with Gasteiger partial charge < -0.3 is 25.5 Å². The Bertz CT molecular complexity index is 246. The van der Waals surface area contributed by atoms with E-state index < -0.39 is 37.1 Å². The van der Waals surface area contributed by atoms with Crippen LogP contribution in [0.5, 0.6) is 0 Å². The molecule has 0 spiro atoms. The van der Waals surface area contributed by atoms with Crippen molar-refractivity contribution in [2.24, 2.45) is 11.3 Å². The van der Waals surface area contributed by atoms with Gasteiger partial charge in [-0.05, 0) is 12.3 Å². The predicted octanol–water partition coefficient (Wildman–Crippen LogP) is -1.41. The van der Waals surface area contributed by atoms with E-state index in [9.17, 15) is 15.0 Å². The Morgan fingerprint density at radius 2 is 1.69 bits per heavy atom. The van der Waals surface area contributed by atoms with E-state index >= 15 is 0 Å². The molecule has 0 aromatic heterocycles. The first-order valence-corrected chi connectivity index (χ1v) is 4.86. The number of carbonyl (C=O) groups is 1. The largest absolute Gasteiger partial charge is 0.478 e. The molecule has 0 radical (unpaired) electrons. The summed E-state index contributed by atoms with van der Waals surface area (Å²) >= 11 is 0. The fourth-order valence-corrected chi connectivity index (χ4v) is 1.66. The lowest BCUT2D eigenvalue weighted by atomic mass is 9.70. The Hall–Kier alpha value is -0.950. The van der Waals surface area contributed by atoms with Gasteiger partial charge in [0.1, 0.15) is 0 Å². The summed E-state index contributed by atoms with van der Waals surface area (Å²) in [6.07, 6.45) is 0.0733. The number of aliphatic carboxylic acids is 1. The lowest BCUT2D eigenvalue weighted by Gasteiger charge is -2.36. The smallest absolute Gasteiger partial charge is 0.331 e. The number of aliphatic hydroxyl groups is 4. The Kier molecular flexibility index (Phi) is 6.20. The summed E-state index contributed by atoms with van der Waals surface area (Å²) in [5.74, 6) is -2.10. The summed E-state index contributed by atoms with van der Waals surface area (Å²) in [6.45, 7) is 1.27. The summed E-state index contributed by atoms with van der Waals surface area (Å²) in [5, 5.41) is 45.2. The van der Waals surface area contributed by atoms with Gasteiger partial charge >= 0.3 is 5.97 Å². The van der Waals surface area contributed by atoms with Gasteiger partial charge in [0.2, 0.25) is 0 Å². The second-order valence-corrected chi connectivity index (χ2v) is 3.65. The molecule has 0 aromatic rings. The Morgan fingerprint density at radius 1 is 1.19 bits per heavy atom. The third kappa shape index (κ3) is 2.79. The summed E-state index contributed by atoms with van der Waals surface area (Å²) < 4.78 is 0. The molecule has 0 aliphatic rings. The predicted molar refractivity (Wildman–Crippen MR) is 55.7 cm³/mol. The van der Waals surface area contributed by atoms with Gasteiger partial charge in [0.25, 0.3) is 0 Å². The van der Waals surface area contributed by atoms with E-state index in [1.165, 1.54) is 0 Å². The molecule has 16 heavy (non-hydrogen) atoms. The first kappa shape index (κ1) is 15.0. The maximum absolute atomic E-state index is 10.8. The Morgan fingerprint density at radius 3 is 1.94 bits per heavy atom. The third-order valence-corrected chi connectivity index (χ3v) is 2.90. The van der Waals surface area contributed by atoms with Crippen molar-refractivity contribution >= 4 is 5.97 Å². The van der Waals surface area contributed by atoms with Crippen molar-refractivity contribution in [1.29, 1.82) is 0 Å². The summed E-state index contributed by atoms with van der Waals surface area (Å²) in [4.78, 5) is 10.8. The van der Waals surface area contributed by atoms with E-state index in [1.54, 1.807) is 0 Å². The van der Waals surface area contributed by atoms with Crippen molar-refractivity contribution in [2.75, 3.05) is 26.4 Å². The number of rotatable bonds is 8. The minimum Gasteiger partial charge on any atom is -0.478 e. The SMILES string of the molecule is C=C(C(=O)O)C(CO)(CO)C(CO)CCO. The highest BCUT2D eigenvalue weighted by Gasteiger charge is 2.42. The van der Waals surface area contributed by atoms with Crippen LogP contribution in [0, 0.1) is 11.3 Å². The first-order valence-electron chi connectivity index (χ1n) is 4.86. The van der Waals surface area contributed by atoms with Gasteiger partial charge in [-0.2, -0.15) is 0 Å². The number of carboxylic acid groups (broad SMARTS) is 1. The molecular weight excluding hydrogens is 216 g/mol. The normalized spacial score (nSPS) is 13.5. The molecular formula is C10H18O6. The molecule has 6 heteroatoms. The van der Waals surface area contributed by atoms with Crippen molar-refractivity contribution in [3.8, 4) is 0 Å². The second kappa shape index (κ2) is 6.59. The zero-order chi connectivity index (χ0) is 12.8. The van der Waals surface area contributed by atoms with E-state index in [1.807, 2.05) is 0 Å². The van der Waals surface area contributed by atoms with Crippen LogP contribution in [0.1, 0.15) is 6.42 Å². The molecule has 0 bridgehead atoms. The monoisotopic (exact) mass is 234 g/mol. The highest BCUT2D eigenvalue weighted by Crippen LogP contribution is 2.36. The van der Waals surface area contributed by atoms with Gasteiger partial charge in [-0.3, -0.25) is 0 Å². The first-order chi connectivity index (χ1) is 7.49. The molecule has 0 saturated heterocycles. The quantitative estimate of drug-likeness (QED) is 0.329. The molecule has 0 fully saturated rings. The molecule has 5 N–H and O–H groups in total. The van der Waals surface area contributed by atoms with Gasteiger partial charge in [0, 0.05) is 18.8 Å². The molecule has 0 amide bonds. The number of aliphatic hydroxyl groups excluding tert-OH is 4. The standard InChI is InChI=1S/C10H18O6/c1-7(9(15)16)10(5-13,6-14)8(4-12)2-3-11/h8,11-14H,1-6H2,(H,15,16). The topological polar surface area (TPSA) is 118 Å². The number of carboxylic acids is 1. The van der Waals surface area contributed by atoms with Crippen LogP contribution in [0.15, 0.2) is 12.2 Å². The van der Waals surface area contributed by atoms with Crippen LogP contribution in [0.4, 0.5) is 0 Å². The van der Waals surface area contributed by atoms with Crippen LogP contribution in [-0.4, -0.2) is 57.9 Å². The van der Waals surface area contributed by atoms with Crippen molar-refractivity contribution in [3.05, 3.63) is 12.2 Å². The summed E-state index contributed by atoms with van der Waals surface area (Å²) in [7, 11) is 0. The van der Waals surface area contributed by atoms with Gasteiger partial charge in [0.05, 0.1) is 18.6 Å². The van der Waals surface area contributed by atoms with E-state index in [2.05, 4.69) is 6.58 Å². The van der Waals surface area contributed by atoms with Crippen LogP contribution in [0.2, 0.25) is 0 Å². The molecule has 0 heterocycles. The molecule has 1 atom stereocenters. The van der Waals surface area contributed by atoms with E-state index in [0.717, 1.165) is 0 Å². The maximum Gasteiger partial charge on any atom is 0.331 e. The molecule has 0 rings (SSSR count). The average Bonchev–Trinajstić information content (AvgIpc) is 2.29. The average molecular weight is 234 g/mol. The third-order valence-electron chi connectivity index (χ3n) is 2.90. The maximum atomic E-state index is 10.8. The lowest BCUT2D eigenvalue weighted by molar-refractivity contribution is -0.136. The van der Waals surface area contributed by atoms with E-state index in [-0.39, 0.29) is 18.6 Å². The van der Waals surface area contributed by atoms with Crippen LogP contribution >= 0.6 is 0 Å². The molecule has 0 aromatic carbocycles. The number of hydrogen-bond donors (Lipinski definition) is 5. The fourth-order valence-electron chi connectivity index (χ4n) is 1.66. The van der Waals surface area contributed by atoms with Crippen molar-refractivity contribution in [2.45, 2.75) is 6.42 Å². The van der Waals surface area contributed by atoms with Crippen molar-refractivity contribution in [1.82, 2.24) is 0 Å². The minimum absolute atomic E-state index is 0.0733. The fraction of sp³-hybridized carbons (Fsp3) is 0.700. The molecule has 0 aliphatic carbocycles. The molecule has 1 unspecified atom stereocenters. The van der Waals surface area contributed by atoms with E-state index in [4.69, 9.17) is 15.3 Å². The molecule has 94 valence electrons. The highest BCUT2D eigenvalue weighted by atomic mass is 16.4. The van der Waals surface area contributed by atoms with Crippen molar-refractivity contribution in [3.63, 3.8) is 0 Å². The highest BCUT2D eigenvalue weighted by molar-refractivity contribution is 5.87. The van der Waals surface area contributed by atoms with Crippen LogP contribution < -0.4 is 0 Å². The zero-order valence-electron chi connectivity index (χ0n) is 8.96. The zero-order valence-corrected chi connectivity index (χ0v) is 8.96. The summed E-state index contributed by atoms with van der Waals surface area (Å²) in [6, 6.07) is 0. The molecule has 6 nitrogen and oxygen atoms in total. The molecule has 0 saturated carbocycles. The van der Waals surface area contributed by atoms with Crippen LogP contribution in [0.3, 0.4) is 0 Å². The van der Waals surface area contributed by atoms with Crippen molar-refractivity contribution < 1.29 is 30.3 Å². The van der Waals surface area contributed by atoms with Gasteiger partial charge in [-0.15, -0.1) is 0 Å². The lowest BCUT2D eigenvalue weighted by Crippen LogP contribution is -2.44. The van der Waals surface area contributed by atoms with Gasteiger partial charge in [0.15, 0.2) is 0 Å². The second-order valence-electron chi connectivity index (χ2n) is 3.65. The van der Waals surface area contributed by atoms with Gasteiger partial charge in [-0.25, -0.2) is 4.79 Å². The Balaban J connectivity index is 5.20. The van der Waals surface area contributed by atoms with Gasteiger partial charge in [-0.1, -0.05) is 6.58 Å². The minimum atomic E-state index is -1.51.